The molecule has 0 saturated heterocycles. The van der Waals surface area contributed by atoms with Crippen LogP contribution in [-0.2, 0) is 11.8 Å². The molecule has 3 N–H and O–H groups in total. The van der Waals surface area contributed by atoms with Gasteiger partial charge in [-0.2, -0.15) is 0 Å². The zero-order valence-electron chi connectivity index (χ0n) is 19.2. The summed E-state index contributed by atoms with van der Waals surface area (Å²) in [4.78, 5) is 8.73. The van der Waals surface area contributed by atoms with Crippen molar-refractivity contribution in [2.45, 2.75) is 31.6 Å². The Balaban J connectivity index is 1.68. The predicted octanol–water partition coefficient (Wildman–Crippen LogP) is 6.80. The maximum atomic E-state index is 9.52. The van der Waals surface area contributed by atoms with Gasteiger partial charge in [0.05, 0.1) is 0 Å². The molecule has 4 aromatic rings. The van der Waals surface area contributed by atoms with Gasteiger partial charge in [0.15, 0.2) is 11.5 Å². The summed E-state index contributed by atoms with van der Waals surface area (Å²) < 4.78 is 0. The first-order valence-electron chi connectivity index (χ1n) is 11.2. The lowest BCUT2D eigenvalue weighted by Crippen LogP contribution is -2.25. The van der Waals surface area contributed by atoms with Gasteiger partial charge in [0.1, 0.15) is 5.75 Å². The summed E-state index contributed by atoms with van der Waals surface area (Å²) in [6.07, 6.45) is 0.877. The minimum absolute atomic E-state index is 0.275. The number of hydrogen-bond donors (Lipinski definition) is 3. The fourth-order valence-electron chi connectivity index (χ4n) is 4.45. The Hall–Kier alpha value is -3.80. The van der Waals surface area contributed by atoms with Crippen molar-refractivity contribution in [2.75, 3.05) is 0 Å². The fraction of sp³-hybridized carbons (Fsp3) is 0.172. The molecule has 0 aromatic heterocycles. The number of hydrogen-bond acceptors (Lipinski definition) is 5. The van der Waals surface area contributed by atoms with Crippen LogP contribution in [0.15, 0.2) is 97.1 Å². The number of phenolic OH excluding ortho intramolecular Hbond substituents is 1. The fourth-order valence-corrected chi connectivity index (χ4v) is 4.45. The summed E-state index contributed by atoms with van der Waals surface area (Å²) in [5.74, 6) is 1.33. The van der Waals surface area contributed by atoms with E-state index in [4.69, 9.17) is 10.5 Å². The van der Waals surface area contributed by atoms with Gasteiger partial charge in [-0.05, 0) is 83.5 Å². The zero-order chi connectivity index (χ0) is 24.1. The Labute approximate surface area is 199 Å². The van der Waals surface area contributed by atoms with E-state index in [1.807, 2.05) is 36.4 Å². The first kappa shape index (κ1) is 23.4. The van der Waals surface area contributed by atoms with E-state index in [1.54, 1.807) is 36.4 Å². The van der Waals surface area contributed by atoms with Crippen LogP contribution in [-0.4, -0.2) is 15.6 Å². The summed E-state index contributed by atoms with van der Waals surface area (Å²) in [6, 6.07) is 30.6. The number of benzene rings is 4. The monoisotopic (exact) mass is 456 g/mol. The van der Waals surface area contributed by atoms with Crippen LogP contribution in [0.2, 0.25) is 0 Å². The molecule has 174 valence electrons. The normalized spacial score (nSPS) is 12.2. The molecule has 0 aliphatic rings. The van der Waals surface area contributed by atoms with Crippen LogP contribution in [0.3, 0.4) is 0 Å². The molecule has 5 heteroatoms. The van der Waals surface area contributed by atoms with Crippen molar-refractivity contribution < 1.29 is 25.4 Å². The topological polar surface area (TPSA) is 79.2 Å². The molecule has 0 amide bonds. The standard InChI is InChI=1S/C29H28O5/c1-20(19-21-3-13-26(30)14-4-21)22-5-7-23(8-6-22)29(2,24-9-15-27(33-31)16-10-24)25-11-17-28(34-32)18-12-25/h3-18,20,30-32H,19H2,1-2H3. The molecular weight excluding hydrogens is 428 g/mol. The van der Waals surface area contributed by atoms with Crippen molar-refractivity contribution in [2.24, 2.45) is 0 Å². The second kappa shape index (κ2) is 10.00. The Morgan fingerprint density at radius 2 is 1.06 bits per heavy atom. The first-order chi connectivity index (χ1) is 16.4. The van der Waals surface area contributed by atoms with Gasteiger partial charge in [-0.25, -0.2) is 10.5 Å². The Morgan fingerprint density at radius 3 is 1.47 bits per heavy atom. The molecule has 0 fully saturated rings. The molecule has 0 bridgehead atoms. The maximum absolute atomic E-state index is 9.52. The van der Waals surface area contributed by atoms with Crippen LogP contribution < -0.4 is 9.78 Å². The van der Waals surface area contributed by atoms with E-state index >= 15 is 0 Å². The average Bonchev–Trinajstić information content (AvgIpc) is 2.89. The van der Waals surface area contributed by atoms with Gasteiger partial charge in [0.25, 0.3) is 0 Å². The lowest BCUT2D eigenvalue weighted by Gasteiger charge is -2.32. The van der Waals surface area contributed by atoms with Gasteiger partial charge in [0.2, 0.25) is 0 Å². The van der Waals surface area contributed by atoms with E-state index in [0.29, 0.717) is 17.4 Å². The summed E-state index contributed by atoms with van der Waals surface area (Å²) in [5, 5.41) is 27.5. The summed E-state index contributed by atoms with van der Waals surface area (Å²) >= 11 is 0. The number of rotatable bonds is 8. The third-order valence-electron chi connectivity index (χ3n) is 6.61. The van der Waals surface area contributed by atoms with Crippen LogP contribution in [0.4, 0.5) is 0 Å². The van der Waals surface area contributed by atoms with Crippen molar-refractivity contribution in [1.29, 1.82) is 0 Å². The Kier molecular flexibility index (Phi) is 6.87. The molecule has 4 rings (SSSR count). The van der Waals surface area contributed by atoms with E-state index in [-0.39, 0.29) is 5.75 Å². The summed E-state index contributed by atoms with van der Waals surface area (Å²) in [5.41, 5.74) is 5.06. The van der Waals surface area contributed by atoms with Crippen LogP contribution >= 0.6 is 0 Å². The molecule has 5 nitrogen and oxygen atoms in total. The highest BCUT2D eigenvalue weighted by molar-refractivity contribution is 5.51. The summed E-state index contributed by atoms with van der Waals surface area (Å²) in [7, 11) is 0. The predicted molar refractivity (Wildman–Crippen MR) is 132 cm³/mol. The lowest BCUT2D eigenvalue weighted by molar-refractivity contribution is -0.137. The smallest absolute Gasteiger partial charge is 0.165 e. The van der Waals surface area contributed by atoms with Crippen LogP contribution in [0.5, 0.6) is 17.2 Å². The molecule has 0 spiro atoms. The van der Waals surface area contributed by atoms with Crippen molar-refractivity contribution in [3.8, 4) is 17.2 Å². The van der Waals surface area contributed by atoms with Crippen molar-refractivity contribution in [3.63, 3.8) is 0 Å². The molecule has 1 unspecified atom stereocenters. The maximum Gasteiger partial charge on any atom is 0.165 e. The van der Waals surface area contributed by atoms with E-state index in [1.165, 1.54) is 11.1 Å². The second-order valence-electron chi connectivity index (χ2n) is 8.75. The van der Waals surface area contributed by atoms with Gasteiger partial charge in [-0.3, -0.25) is 0 Å². The highest BCUT2D eigenvalue weighted by Crippen LogP contribution is 2.40. The van der Waals surface area contributed by atoms with E-state index < -0.39 is 5.41 Å². The van der Waals surface area contributed by atoms with Crippen LogP contribution in [0.25, 0.3) is 0 Å². The van der Waals surface area contributed by atoms with Gasteiger partial charge >= 0.3 is 0 Å². The molecule has 0 aliphatic carbocycles. The van der Waals surface area contributed by atoms with Crippen LogP contribution in [0.1, 0.15) is 47.6 Å². The Morgan fingerprint density at radius 1 is 0.647 bits per heavy atom. The molecule has 0 heterocycles. The molecule has 0 saturated carbocycles. The number of phenols is 1. The first-order valence-corrected chi connectivity index (χ1v) is 11.2. The van der Waals surface area contributed by atoms with Crippen molar-refractivity contribution in [1.82, 2.24) is 0 Å². The van der Waals surface area contributed by atoms with Gasteiger partial charge < -0.3 is 14.9 Å². The third-order valence-corrected chi connectivity index (χ3v) is 6.61. The van der Waals surface area contributed by atoms with Crippen molar-refractivity contribution in [3.05, 3.63) is 125 Å². The third kappa shape index (κ3) is 4.76. The van der Waals surface area contributed by atoms with Gasteiger partial charge in [-0.15, -0.1) is 0 Å². The molecule has 1 atom stereocenters. The molecular formula is C29H28O5. The number of aromatic hydroxyl groups is 1. The quantitative estimate of drug-likeness (QED) is 0.154. The molecule has 4 aromatic carbocycles. The minimum Gasteiger partial charge on any atom is -0.508 e. The second-order valence-corrected chi connectivity index (χ2v) is 8.75. The average molecular weight is 457 g/mol. The van der Waals surface area contributed by atoms with Crippen molar-refractivity contribution >= 4 is 0 Å². The summed E-state index contributed by atoms with van der Waals surface area (Å²) in [6.45, 7) is 4.34. The van der Waals surface area contributed by atoms with E-state index in [9.17, 15) is 5.11 Å². The van der Waals surface area contributed by atoms with E-state index in [2.05, 4.69) is 47.9 Å². The van der Waals surface area contributed by atoms with E-state index in [0.717, 1.165) is 23.1 Å². The molecule has 0 aliphatic heterocycles. The SMILES string of the molecule is CC(Cc1ccc(O)cc1)c1ccc(C(C)(c2ccc(OO)cc2)c2ccc(OO)cc2)cc1. The van der Waals surface area contributed by atoms with Crippen LogP contribution in [0, 0.1) is 0 Å². The van der Waals surface area contributed by atoms with Gasteiger partial charge in [0, 0.05) is 5.41 Å². The Bertz CT molecular complexity index is 1150. The molecule has 0 radical (unpaired) electrons. The highest BCUT2D eigenvalue weighted by atomic mass is 17.1. The zero-order valence-corrected chi connectivity index (χ0v) is 19.2. The molecule has 34 heavy (non-hydrogen) atoms. The lowest BCUT2D eigenvalue weighted by atomic mass is 9.71. The minimum atomic E-state index is -0.499. The highest BCUT2D eigenvalue weighted by Gasteiger charge is 2.31. The van der Waals surface area contributed by atoms with Gasteiger partial charge in [-0.1, -0.05) is 67.6 Å². The largest absolute Gasteiger partial charge is 0.508 e.